The van der Waals surface area contributed by atoms with Gasteiger partial charge in [0.15, 0.2) is 0 Å². The van der Waals surface area contributed by atoms with E-state index >= 15 is 0 Å². The summed E-state index contributed by atoms with van der Waals surface area (Å²) in [6.07, 6.45) is -3.58. The molecule has 0 unspecified atom stereocenters. The molecule has 1 amide bonds. The number of nitrogens with zero attached hydrogens (tertiary/aromatic N) is 1. The van der Waals surface area contributed by atoms with Crippen LogP contribution in [-0.4, -0.2) is 36.1 Å². The molecule has 7 heteroatoms. The lowest BCUT2D eigenvalue weighted by Gasteiger charge is -2.23. The monoisotopic (exact) mass is 318 g/mol. The summed E-state index contributed by atoms with van der Waals surface area (Å²) in [4.78, 5) is 12.8. The minimum absolute atomic E-state index is 0.0592. The summed E-state index contributed by atoms with van der Waals surface area (Å²) in [7, 11) is 0. The molecular formula is C15H18F4N2O. The molecule has 1 aliphatic heterocycles. The summed E-state index contributed by atoms with van der Waals surface area (Å²) in [5.41, 5.74) is 0.423. The molecule has 0 bridgehead atoms. The smallest absolute Gasteiger partial charge is 0.332 e. The van der Waals surface area contributed by atoms with Crippen molar-refractivity contribution in [3.8, 4) is 0 Å². The number of nitrogens with one attached hydrogen (secondary N) is 1. The highest BCUT2D eigenvalue weighted by molar-refractivity contribution is 5.84. The van der Waals surface area contributed by atoms with E-state index in [2.05, 4.69) is 5.32 Å². The maximum atomic E-state index is 13.8. The second-order valence-electron chi connectivity index (χ2n) is 5.37. The van der Waals surface area contributed by atoms with Crippen molar-refractivity contribution in [2.75, 3.05) is 13.1 Å². The Morgan fingerprint density at radius 3 is 2.64 bits per heavy atom. The lowest BCUT2D eigenvalue weighted by molar-refractivity contribution is -0.158. The molecule has 1 heterocycles. The Kier molecular flexibility index (Phi) is 5.05. The average Bonchev–Trinajstić information content (AvgIpc) is 2.76. The molecule has 22 heavy (non-hydrogen) atoms. The zero-order valence-electron chi connectivity index (χ0n) is 12.2. The van der Waals surface area contributed by atoms with E-state index < -0.39 is 30.7 Å². The number of amides is 1. The number of hydrogen-bond donors (Lipinski definition) is 1. The molecule has 1 aromatic rings. The van der Waals surface area contributed by atoms with E-state index in [4.69, 9.17) is 0 Å². The van der Waals surface area contributed by atoms with E-state index in [1.165, 1.54) is 6.07 Å². The standard InChI is InChI=1S/C15H18F4N2O/c1-2-12(10-5-3-4-6-11(10)16)20-13-7-8-21(14(13)22)9-15(17,18)19/h3-6,12-13,20H,2,7-9H2,1H3/t12-,13-/m0/s1. The van der Waals surface area contributed by atoms with Gasteiger partial charge in [-0.15, -0.1) is 0 Å². The Hall–Kier alpha value is -1.63. The number of benzene rings is 1. The highest BCUT2D eigenvalue weighted by Crippen LogP contribution is 2.25. The third-order valence-corrected chi connectivity index (χ3v) is 3.76. The van der Waals surface area contributed by atoms with Crippen LogP contribution < -0.4 is 5.32 Å². The number of carbonyl (C=O) groups excluding carboxylic acids is 1. The molecule has 2 rings (SSSR count). The van der Waals surface area contributed by atoms with Crippen molar-refractivity contribution < 1.29 is 22.4 Å². The van der Waals surface area contributed by atoms with Crippen molar-refractivity contribution in [2.24, 2.45) is 0 Å². The van der Waals surface area contributed by atoms with Crippen LogP contribution in [0.4, 0.5) is 17.6 Å². The Labute approximate surface area is 126 Å². The number of hydrogen-bond acceptors (Lipinski definition) is 2. The lowest BCUT2D eigenvalue weighted by Crippen LogP contribution is -2.43. The topological polar surface area (TPSA) is 32.3 Å². The first-order valence-electron chi connectivity index (χ1n) is 7.18. The van der Waals surface area contributed by atoms with Gasteiger partial charge in [-0.1, -0.05) is 25.1 Å². The first-order valence-corrected chi connectivity index (χ1v) is 7.18. The quantitative estimate of drug-likeness (QED) is 0.847. The molecule has 1 fully saturated rings. The van der Waals surface area contributed by atoms with Crippen LogP contribution in [0.15, 0.2) is 24.3 Å². The number of alkyl halides is 3. The molecule has 1 aromatic carbocycles. The van der Waals surface area contributed by atoms with Crippen LogP contribution in [0, 0.1) is 5.82 Å². The van der Waals surface area contributed by atoms with Crippen LogP contribution in [0.5, 0.6) is 0 Å². The van der Waals surface area contributed by atoms with Crippen LogP contribution in [0.25, 0.3) is 0 Å². The van der Waals surface area contributed by atoms with Crippen LogP contribution in [0.1, 0.15) is 31.4 Å². The van der Waals surface area contributed by atoms with Gasteiger partial charge in [0, 0.05) is 18.2 Å². The van der Waals surface area contributed by atoms with Crippen LogP contribution in [0.2, 0.25) is 0 Å². The van der Waals surface area contributed by atoms with Crippen molar-refractivity contribution in [1.29, 1.82) is 0 Å². The first-order chi connectivity index (χ1) is 10.3. The van der Waals surface area contributed by atoms with Gasteiger partial charge in [0.2, 0.25) is 5.91 Å². The van der Waals surface area contributed by atoms with Gasteiger partial charge in [-0.3, -0.25) is 10.1 Å². The molecule has 0 aliphatic carbocycles. The van der Waals surface area contributed by atoms with Gasteiger partial charge in [-0.25, -0.2) is 4.39 Å². The van der Waals surface area contributed by atoms with Crippen molar-refractivity contribution in [3.05, 3.63) is 35.6 Å². The molecule has 0 aromatic heterocycles. The second-order valence-corrected chi connectivity index (χ2v) is 5.37. The van der Waals surface area contributed by atoms with E-state index in [0.29, 0.717) is 18.4 Å². The van der Waals surface area contributed by atoms with Gasteiger partial charge in [0.25, 0.3) is 0 Å². The summed E-state index contributed by atoms with van der Waals surface area (Å²) in [5, 5.41) is 2.99. The number of carbonyl (C=O) groups is 1. The van der Waals surface area contributed by atoms with E-state index in [-0.39, 0.29) is 12.4 Å². The third-order valence-electron chi connectivity index (χ3n) is 3.76. The third kappa shape index (κ3) is 3.97. The van der Waals surface area contributed by atoms with E-state index in [1.807, 2.05) is 6.92 Å². The van der Waals surface area contributed by atoms with Gasteiger partial charge in [0.05, 0.1) is 6.04 Å². The van der Waals surface area contributed by atoms with Gasteiger partial charge in [0.1, 0.15) is 12.4 Å². The molecule has 1 saturated heterocycles. The summed E-state index contributed by atoms with van der Waals surface area (Å²) in [6.45, 7) is 0.654. The molecule has 3 nitrogen and oxygen atoms in total. The first kappa shape index (κ1) is 16.7. The zero-order valence-corrected chi connectivity index (χ0v) is 12.2. The van der Waals surface area contributed by atoms with Gasteiger partial charge in [-0.05, 0) is 18.9 Å². The highest BCUT2D eigenvalue weighted by atomic mass is 19.4. The predicted molar refractivity (Wildman–Crippen MR) is 73.6 cm³/mol. The van der Waals surface area contributed by atoms with Crippen LogP contribution in [0.3, 0.4) is 0 Å². The molecule has 2 atom stereocenters. The summed E-state index contributed by atoms with van der Waals surface area (Å²) in [5.74, 6) is -0.966. The molecule has 0 spiro atoms. The second kappa shape index (κ2) is 6.64. The number of halogens is 4. The predicted octanol–water partition coefficient (Wildman–Crippen LogP) is 3.03. The fraction of sp³-hybridized carbons (Fsp3) is 0.533. The van der Waals surface area contributed by atoms with Crippen molar-refractivity contribution in [1.82, 2.24) is 10.2 Å². The van der Waals surface area contributed by atoms with E-state index in [0.717, 1.165) is 4.90 Å². The van der Waals surface area contributed by atoms with Crippen molar-refractivity contribution in [3.63, 3.8) is 0 Å². The van der Waals surface area contributed by atoms with Crippen molar-refractivity contribution >= 4 is 5.91 Å². The Bertz CT molecular complexity index is 533. The summed E-state index contributed by atoms with van der Waals surface area (Å²) < 4.78 is 51.0. The lowest BCUT2D eigenvalue weighted by atomic mass is 10.0. The van der Waals surface area contributed by atoms with Crippen molar-refractivity contribution in [2.45, 2.75) is 38.0 Å². The van der Waals surface area contributed by atoms with Gasteiger partial charge < -0.3 is 4.90 Å². The van der Waals surface area contributed by atoms with Crippen LogP contribution in [-0.2, 0) is 4.79 Å². The maximum absolute atomic E-state index is 13.8. The highest BCUT2D eigenvalue weighted by Gasteiger charge is 2.39. The molecule has 1 N–H and O–H groups in total. The molecule has 1 aliphatic rings. The van der Waals surface area contributed by atoms with Gasteiger partial charge >= 0.3 is 6.18 Å². The Morgan fingerprint density at radius 2 is 2.05 bits per heavy atom. The Morgan fingerprint density at radius 1 is 1.36 bits per heavy atom. The Balaban J connectivity index is 2.04. The largest absolute Gasteiger partial charge is 0.406 e. The molecule has 122 valence electrons. The molecule has 0 radical (unpaired) electrons. The van der Waals surface area contributed by atoms with E-state index in [1.54, 1.807) is 18.2 Å². The fourth-order valence-electron chi connectivity index (χ4n) is 2.70. The normalized spacial score (nSPS) is 20.5. The average molecular weight is 318 g/mol. The van der Waals surface area contributed by atoms with Crippen LogP contribution >= 0.6 is 0 Å². The summed E-state index contributed by atoms with van der Waals surface area (Å²) >= 11 is 0. The zero-order chi connectivity index (χ0) is 16.3. The number of rotatable bonds is 5. The molecule has 0 saturated carbocycles. The number of likely N-dealkylation sites (tertiary alicyclic amines) is 1. The fourth-order valence-corrected chi connectivity index (χ4v) is 2.70. The van der Waals surface area contributed by atoms with Gasteiger partial charge in [-0.2, -0.15) is 13.2 Å². The maximum Gasteiger partial charge on any atom is 0.406 e. The minimum atomic E-state index is -4.40. The summed E-state index contributed by atoms with van der Waals surface area (Å²) in [6, 6.07) is 5.09. The SMILES string of the molecule is CC[C@H](N[C@H]1CCN(CC(F)(F)F)C1=O)c1ccccc1F. The van der Waals surface area contributed by atoms with E-state index in [9.17, 15) is 22.4 Å². The molecular weight excluding hydrogens is 300 g/mol. The minimum Gasteiger partial charge on any atom is -0.332 e.